The van der Waals surface area contributed by atoms with Gasteiger partial charge in [-0.25, -0.2) is 4.79 Å². The van der Waals surface area contributed by atoms with Crippen LogP contribution in [0, 0.1) is 0 Å². The van der Waals surface area contributed by atoms with Crippen LogP contribution in [-0.2, 0) is 19.1 Å². The van der Waals surface area contributed by atoms with Gasteiger partial charge in [0.05, 0.1) is 13.5 Å². The second kappa shape index (κ2) is 4.13. The molecule has 6 heteroatoms. The molecule has 1 amide bonds. The van der Waals surface area contributed by atoms with Gasteiger partial charge in [-0.05, 0) is 28.5 Å². The minimum atomic E-state index is -0.735. The van der Waals surface area contributed by atoms with Gasteiger partial charge in [0, 0.05) is 0 Å². The number of esters is 1. The molecule has 94 valence electrons. The quantitative estimate of drug-likeness (QED) is 0.596. The Kier molecular flexibility index (Phi) is 2.59. The van der Waals surface area contributed by atoms with E-state index >= 15 is 0 Å². The molecule has 2 fully saturated rings. The molecule has 3 rings (SSSR count). The van der Waals surface area contributed by atoms with Gasteiger partial charge in [0.15, 0.2) is 12.3 Å². The maximum absolute atomic E-state index is 11.8. The maximum Gasteiger partial charge on any atom is 0.336 e. The van der Waals surface area contributed by atoms with Crippen molar-refractivity contribution in [1.29, 1.82) is 0 Å². The average molecular weight is 265 g/mol. The molecule has 18 heavy (non-hydrogen) atoms. The summed E-state index contributed by atoms with van der Waals surface area (Å²) in [5.41, 5.74) is 0.957. The number of nitrogens with zero attached hydrogens (tertiary/aromatic N) is 1. The molecular formula is C12H11NO4S. The van der Waals surface area contributed by atoms with Gasteiger partial charge in [-0.15, -0.1) is 0 Å². The molecule has 2 atom stereocenters. The fourth-order valence-electron chi connectivity index (χ4n) is 2.14. The van der Waals surface area contributed by atoms with E-state index in [1.165, 1.54) is 12.0 Å². The summed E-state index contributed by atoms with van der Waals surface area (Å²) in [6, 6.07) is 1.19. The Labute approximate surface area is 108 Å². The lowest BCUT2D eigenvalue weighted by Gasteiger charge is -2.33. The summed E-state index contributed by atoms with van der Waals surface area (Å²) in [4.78, 5) is 24.7. The predicted molar refractivity (Wildman–Crippen MR) is 64.4 cm³/mol. The van der Waals surface area contributed by atoms with Crippen LogP contribution in [0.4, 0.5) is 0 Å². The standard InChI is InChI=1S/C12H11NO4S/c1-16-12(15)11-8(4-7-2-3-18-6-7)17-10-5-9(14)13(10)11/h2-4,6,10-11H,5H2,1H3/b8-4-. The highest BCUT2D eigenvalue weighted by atomic mass is 32.1. The van der Waals surface area contributed by atoms with Crippen LogP contribution < -0.4 is 0 Å². The Morgan fingerprint density at radius 1 is 1.67 bits per heavy atom. The second-order valence-electron chi connectivity index (χ2n) is 4.11. The number of carbonyl (C=O) groups excluding carboxylic acids is 2. The van der Waals surface area contributed by atoms with Crippen molar-refractivity contribution in [3.8, 4) is 0 Å². The Morgan fingerprint density at radius 2 is 2.50 bits per heavy atom. The summed E-state index contributed by atoms with van der Waals surface area (Å²) < 4.78 is 10.3. The first kappa shape index (κ1) is 11.3. The van der Waals surface area contributed by atoms with Crippen LogP contribution in [0.5, 0.6) is 0 Å². The number of amides is 1. The van der Waals surface area contributed by atoms with Crippen molar-refractivity contribution >= 4 is 29.3 Å². The average Bonchev–Trinajstić information content (AvgIpc) is 2.94. The van der Waals surface area contributed by atoms with Gasteiger partial charge in [0.2, 0.25) is 5.91 Å². The van der Waals surface area contributed by atoms with Crippen LogP contribution in [0.1, 0.15) is 12.0 Å². The van der Waals surface area contributed by atoms with E-state index in [2.05, 4.69) is 0 Å². The lowest BCUT2D eigenvalue weighted by Crippen LogP contribution is -2.55. The van der Waals surface area contributed by atoms with Crippen molar-refractivity contribution in [1.82, 2.24) is 4.90 Å². The van der Waals surface area contributed by atoms with E-state index in [0.717, 1.165) is 5.56 Å². The molecule has 2 aliphatic rings. The molecule has 5 nitrogen and oxygen atoms in total. The molecule has 0 aliphatic carbocycles. The fourth-order valence-corrected chi connectivity index (χ4v) is 2.76. The van der Waals surface area contributed by atoms with E-state index in [1.54, 1.807) is 17.4 Å². The molecule has 0 spiro atoms. The van der Waals surface area contributed by atoms with Crippen LogP contribution in [0.25, 0.3) is 6.08 Å². The number of thiophene rings is 1. The van der Waals surface area contributed by atoms with Gasteiger partial charge >= 0.3 is 5.97 Å². The van der Waals surface area contributed by atoms with Gasteiger partial charge < -0.3 is 9.47 Å². The van der Waals surface area contributed by atoms with E-state index in [1.807, 2.05) is 16.8 Å². The second-order valence-corrected chi connectivity index (χ2v) is 4.89. The first-order valence-electron chi connectivity index (χ1n) is 5.50. The molecule has 2 saturated heterocycles. The highest BCUT2D eigenvalue weighted by Crippen LogP contribution is 2.37. The molecular weight excluding hydrogens is 254 g/mol. The number of hydrogen-bond acceptors (Lipinski definition) is 5. The number of fused-ring (bicyclic) bond motifs is 1. The predicted octanol–water partition coefficient (Wildman–Crippen LogP) is 1.22. The van der Waals surface area contributed by atoms with Crippen molar-refractivity contribution in [2.75, 3.05) is 7.11 Å². The molecule has 0 N–H and O–H groups in total. The zero-order valence-corrected chi connectivity index (χ0v) is 10.5. The van der Waals surface area contributed by atoms with Crippen LogP contribution in [0.3, 0.4) is 0 Å². The van der Waals surface area contributed by atoms with Gasteiger partial charge in [-0.1, -0.05) is 0 Å². The van der Waals surface area contributed by atoms with Gasteiger partial charge in [0.25, 0.3) is 0 Å². The minimum absolute atomic E-state index is 0.0795. The monoisotopic (exact) mass is 265 g/mol. The van der Waals surface area contributed by atoms with Gasteiger partial charge in [-0.3, -0.25) is 9.69 Å². The number of carbonyl (C=O) groups is 2. The SMILES string of the molecule is COC(=O)C1/C(=C/c2ccsc2)OC2CC(=O)N21. The molecule has 0 radical (unpaired) electrons. The Hall–Kier alpha value is -1.82. The number of β-lactam (4-membered cyclic amide) rings is 1. The molecule has 2 aliphatic heterocycles. The van der Waals surface area contributed by atoms with E-state index in [-0.39, 0.29) is 12.1 Å². The minimum Gasteiger partial charge on any atom is -0.471 e. The summed E-state index contributed by atoms with van der Waals surface area (Å²) in [6.45, 7) is 0. The van der Waals surface area contributed by atoms with Crippen LogP contribution >= 0.6 is 11.3 Å². The van der Waals surface area contributed by atoms with Crippen LogP contribution in [0.2, 0.25) is 0 Å². The number of rotatable bonds is 2. The topological polar surface area (TPSA) is 55.8 Å². The summed E-state index contributed by atoms with van der Waals surface area (Å²) in [5.74, 6) is -0.0627. The van der Waals surface area contributed by atoms with E-state index in [9.17, 15) is 9.59 Å². The van der Waals surface area contributed by atoms with Crippen molar-refractivity contribution in [3.63, 3.8) is 0 Å². The largest absolute Gasteiger partial charge is 0.471 e. The molecule has 1 aromatic heterocycles. The highest BCUT2D eigenvalue weighted by molar-refractivity contribution is 7.08. The third kappa shape index (κ3) is 1.60. The summed E-state index contributed by atoms with van der Waals surface area (Å²) >= 11 is 1.56. The van der Waals surface area contributed by atoms with Crippen LogP contribution in [-0.4, -0.2) is 36.2 Å². The van der Waals surface area contributed by atoms with Crippen LogP contribution in [0.15, 0.2) is 22.6 Å². The number of methoxy groups -OCH3 is 1. The van der Waals surface area contributed by atoms with Gasteiger partial charge in [-0.2, -0.15) is 11.3 Å². The first-order chi connectivity index (χ1) is 8.70. The van der Waals surface area contributed by atoms with Crippen molar-refractivity contribution in [2.45, 2.75) is 18.7 Å². The van der Waals surface area contributed by atoms with Crippen molar-refractivity contribution in [3.05, 3.63) is 28.1 Å². The summed E-state index contributed by atoms with van der Waals surface area (Å²) in [5, 5.41) is 3.89. The summed E-state index contributed by atoms with van der Waals surface area (Å²) in [6.07, 6.45) is 1.80. The number of hydrogen-bond donors (Lipinski definition) is 0. The molecule has 3 heterocycles. The normalized spacial score (nSPS) is 27.7. The molecule has 1 aromatic rings. The number of ether oxygens (including phenoxy) is 2. The van der Waals surface area contributed by atoms with E-state index < -0.39 is 12.0 Å². The van der Waals surface area contributed by atoms with E-state index in [4.69, 9.17) is 9.47 Å². The maximum atomic E-state index is 11.8. The first-order valence-corrected chi connectivity index (χ1v) is 6.44. The van der Waals surface area contributed by atoms with Crippen molar-refractivity contribution in [2.24, 2.45) is 0 Å². The lowest BCUT2D eigenvalue weighted by atomic mass is 10.1. The highest BCUT2D eigenvalue weighted by Gasteiger charge is 2.54. The van der Waals surface area contributed by atoms with Crippen molar-refractivity contribution < 1.29 is 19.1 Å². The third-order valence-electron chi connectivity index (χ3n) is 3.04. The van der Waals surface area contributed by atoms with Gasteiger partial charge in [0.1, 0.15) is 5.76 Å². The molecule has 0 saturated carbocycles. The zero-order chi connectivity index (χ0) is 12.7. The third-order valence-corrected chi connectivity index (χ3v) is 3.75. The lowest BCUT2D eigenvalue weighted by molar-refractivity contribution is -0.164. The zero-order valence-electron chi connectivity index (χ0n) is 9.66. The fraction of sp³-hybridized carbons (Fsp3) is 0.333. The van der Waals surface area contributed by atoms with E-state index in [0.29, 0.717) is 12.2 Å². The Bertz CT molecular complexity index is 522. The smallest absolute Gasteiger partial charge is 0.336 e. The molecule has 0 aromatic carbocycles. The Balaban J connectivity index is 1.94. The summed E-state index contributed by atoms with van der Waals surface area (Å²) in [7, 11) is 1.31. The molecule has 2 unspecified atom stereocenters. The molecule has 0 bridgehead atoms. The Morgan fingerprint density at radius 3 is 3.11 bits per heavy atom.